The third-order valence-corrected chi connectivity index (χ3v) is 5.59. The Labute approximate surface area is 150 Å². The van der Waals surface area contributed by atoms with Gasteiger partial charge in [-0.3, -0.25) is 4.72 Å². The first-order valence-corrected chi connectivity index (χ1v) is 9.98. The summed E-state index contributed by atoms with van der Waals surface area (Å²) in [6, 6.07) is 7.25. The third kappa shape index (κ3) is 5.19. The minimum atomic E-state index is -3.67. The zero-order valence-corrected chi connectivity index (χ0v) is 16.4. The molecule has 1 aromatic carbocycles. The monoisotopic (exact) mass is 361 g/mol. The molecule has 2 N–H and O–H groups in total. The van der Waals surface area contributed by atoms with Crippen molar-refractivity contribution in [2.45, 2.75) is 45.9 Å². The molecular formula is C19H27N3O2S. The Morgan fingerprint density at radius 1 is 1.08 bits per heavy atom. The molecule has 0 aliphatic rings. The van der Waals surface area contributed by atoms with Crippen molar-refractivity contribution in [1.29, 1.82) is 0 Å². The summed E-state index contributed by atoms with van der Waals surface area (Å²) >= 11 is 0. The second-order valence-corrected chi connectivity index (χ2v) is 8.49. The number of nitrogens with one attached hydrogen (secondary N) is 2. The van der Waals surface area contributed by atoms with E-state index in [2.05, 4.69) is 28.9 Å². The van der Waals surface area contributed by atoms with Crippen LogP contribution in [0.5, 0.6) is 0 Å². The molecule has 2 aromatic rings. The number of sulfonamides is 1. The zero-order chi connectivity index (χ0) is 18.6. The second-order valence-electron chi connectivity index (χ2n) is 6.87. The lowest BCUT2D eigenvalue weighted by Crippen LogP contribution is -2.16. The smallest absolute Gasteiger partial charge is 0.263 e. The number of rotatable bonds is 7. The predicted molar refractivity (Wildman–Crippen MR) is 104 cm³/mol. The normalized spacial score (nSPS) is 11.6. The first-order chi connectivity index (χ1) is 11.7. The SMILES string of the molecule is Cc1cc(C)c(S(=O)(=O)Nc2ccc(NCCC(C)C)cn2)c(C)c1. The fraction of sp³-hybridized carbons (Fsp3) is 0.421. The highest BCUT2D eigenvalue weighted by atomic mass is 32.2. The fourth-order valence-electron chi connectivity index (χ4n) is 2.84. The number of benzene rings is 1. The molecule has 0 radical (unpaired) electrons. The van der Waals surface area contributed by atoms with E-state index < -0.39 is 10.0 Å². The lowest BCUT2D eigenvalue weighted by molar-refractivity contribution is 0.599. The van der Waals surface area contributed by atoms with Crippen LogP contribution in [0.4, 0.5) is 11.5 Å². The largest absolute Gasteiger partial charge is 0.384 e. The van der Waals surface area contributed by atoms with E-state index in [1.54, 1.807) is 12.3 Å². The highest BCUT2D eigenvalue weighted by Gasteiger charge is 2.20. The number of aryl methyl sites for hydroxylation is 3. The van der Waals surface area contributed by atoms with E-state index in [1.807, 2.05) is 39.0 Å². The molecule has 6 heteroatoms. The first-order valence-electron chi connectivity index (χ1n) is 8.49. The van der Waals surface area contributed by atoms with Crippen molar-refractivity contribution in [1.82, 2.24) is 4.98 Å². The van der Waals surface area contributed by atoms with Crippen LogP contribution < -0.4 is 10.0 Å². The Bertz CT molecular complexity index is 805. The van der Waals surface area contributed by atoms with Crippen LogP contribution in [0, 0.1) is 26.7 Å². The second kappa shape index (κ2) is 7.87. The van der Waals surface area contributed by atoms with Crippen molar-refractivity contribution < 1.29 is 8.42 Å². The number of hydrogen-bond donors (Lipinski definition) is 2. The molecule has 2 rings (SSSR count). The van der Waals surface area contributed by atoms with Crippen molar-refractivity contribution in [2.75, 3.05) is 16.6 Å². The molecule has 0 saturated carbocycles. The summed E-state index contributed by atoms with van der Waals surface area (Å²) < 4.78 is 28.0. The van der Waals surface area contributed by atoms with Gasteiger partial charge in [0, 0.05) is 6.54 Å². The Hall–Kier alpha value is -2.08. The number of nitrogens with zero attached hydrogens (tertiary/aromatic N) is 1. The van der Waals surface area contributed by atoms with Gasteiger partial charge < -0.3 is 5.32 Å². The van der Waals surface area contributed by atoms with E-state index in [0.717, 1.165) is 35.3 Å². The highest BCUT2D eigenvalue weighted by Crippen LogP contribution is 2.24. The molecule has 0 atom stereocenters. The minimum Gasteiger partial charge on any atom is -0.384 e. The third-order valence-electron chi connectivity index (χ3n) is 3.93. The maximum absolute atomic E-state index is 12.7. The average Bonchev–Trinajstić information content (AvgIpc) is 2.46. The summed E-state index contributed by atoms with van der Waals surface area (Å²) in [4.78, 5) is 4.53. The molecule has 0 bridgehead atoms. The van der Waals surface area contributed by atoms with Gasteiger partial charge in [0.1, 0.15) is 5.82 Å². The number of pyridine rings is 1. The molecule has 0 fully saturated rings. The van der Waals surface area contributed by atoms with Gasteiger partial charge in [-0.15, -0.1) is 0 Å². The van der Waals surface area contributed by atoms with Gasteiger partial charge in [-0.05, 0) is 56.4 Å². The van der Waals surface area contributed by atoms with Crippen LogP contribution in [-0.4, -0.2) is 19.9 Å². The van der Waals surface area contributed by atoms with Crippen molar-refractivity contribution in [3.8, 4) is 0 Å². The molecule has 0 spiro atoms. The summed E-state index contributed by atoms with van der Waals surface area (Å²) in [5.41, 5.74) is 3.39. The number of hydrogen-bond acceptors (Lipinski definition) is 4. The summed E-state index contributed by atoms with van der Waals surface area (Å²) in [7, 11) is -3.67. The summed E-state index contributed by atoms with van der Waals surface area (Å²) in [6.45, 7) is 10.8. The van der Waals surface area contributed by atoms with Crippen molar-refractivity contribution >= 4 is 21.5 Å². The van der Waals surface area contributed by atoms with E-state index in [-0.39, 0.29) is 0 Å². The van der Waals surface area contributed by atoms with E-state index >= 15 is 0 Å². The van der Waals surface area contributed by atoms with Crippen molar-refractivity contribution in [3.63, 3.8) is 0 Å². The van der Waals surface area contributed by atoms with Gasteiger partial charge in [0.05, 0.1) is 16.8 Å². The van der Waals surface area contributed by atoms with Crippen molar-refractivity contribution in [3.05, 3.63) is 47.2 Å². The van der Waals surface area contributed by atoms with Crippen LogP contribution in [0.1, 0.15) is 37.0 Å². The van der Waals surface area contributed by atoms with Crippen LogP contribution in [0.25, 0.3) is 0 Å². The molecule has 1 aromatic heterocycles. The molecule has 0 saturated heterocycles. The van der Waals surface area contributed by atoms with E-state index in [9.17, 15) is 8.42 Å². The molecular weight excluding hydrogens is 334 g/mol. The molecule has 0 aliphatic carbocycles. The predicted octanol–water partition coefficient (Wildman–Crippen LogP) is 4.27. The number of anilines is 2. The first kappa shape index (κ1) is 19.2. The van der Waals surface area contributed by atoms with Gasteiger partial charge >= 0.3 is 0 Å². The standard InChI is InChI=1S/C19H27N3O2S/c1-13(2)8-9-20-17-6-7-18(21-12-17)22-25(23,24)19-15(4)10-14(3)11-16(19)5/h6-7,10-13,20H,8-9H2,1-5H3,(H,21,22). The average molecular weight is 362 g/mol. The molecule has 25 heavy (non-hydrogen) atoms. The van der Waals surface area contributed by atoms with Gasteiger partial charge in [-0.25, -0.2) is 13.4 Å². The van der Waals surface area contributed by atoms with E-state index in [1.165, 1.54) is 0 Å². The molecule has 1 heterocycles. The van der Waals surface area contributed by atoms with Gasteiger partial charge in [0.25, 0.3) is 10.0 Å². The topological polar surface area (TPSA) is 71.1 Å². The molecule has 5 nitrogen and oxygen atoms in total. The lowest BCUT2D eigenvalue weighted by atomic mass is 10.1. The number of aromatic nitrogens is 1. The molecule has 0 unspecified atom stereocenters. The fourth-order valence-corrected chi connectivity index (χ4v) is 4.31. The molecule has 0 aliphatic heterocycles. The van der Waals surface area contributed by atoms with Gasteiger partial charge in [-0.1, -0.05) is 31.5 Å². The van der Waals surface area contributed by atoms with Crippen molar-refractivity contribution in [2.24, 2.45) is 5.92 Å². The molecule has 0 amide bonds. The minimum absolute atomic E-state index is 0.314. The lowest BCUT2D eigenvalue weighted by Gasteiger charge is -2.14. The maximum Gasteiger partial charge on any atom is 0.263 e. The summed E-state index contributed by atoms with van der Waals surface area (Å²) in [6.07, 6.45) is 2.72. The van der Waals surface area contributed by atoms with Gasteiger partial charge in [0.15, 0.2) is 0 Å². The molecule has 136 valence electrons. The van der Waals surface area contributed by atoms with Gasteiger partial charge in [-0.2, -0.15) is 0 Å². The van der Waals surface area contributed by atoms with Crippen LogP contribution >= 0.6 is 0 Å². The van der Waals surface area contributed by atoms with Crippen LogP contribution in [0.3, 0.4) is 0 Å². The Balaban J connectivity index is 2.13. The van der Waals surface area contributed by atoms with E-state index in [4.69, 9.17) is 0 Å². The Morgan fingerprint density at radius 2 is 1.72 bits per heavy atom. The quantitative estimate of drug-likeness (QED) is 0.773. The van der Waals surface area contributed by atoms with Crippen LogP contribution in [0.2, 0.25) is 0 Å². The van der Waals surface area contributed by atoms with E-state index in [0.29, 0.717) is 16.6 Å². The van der Waals surface area contributed by atoms with Crippen LogP contribution in [-0.2, 0) is 10.0 Å². The Kier molecular flexibility index (Phi) is 6.06. The van der Waals surface area contributed by atoms with Crippen LogP contribution in [0.15, 0.2) is 35.4 Å². The Morgan fingerprint density at radius 3 is 2.24 bits per heavy atom. The highest BCUT2D eigenvalue weighted by molar-refractivity contribution is 7.92. The summed E-state index contributed by atoms with van der Waals surface area (Å²) in [5.74, 6) is 0.946. The van der Waals surface area contributed by atoms with Gasteiger partial charge in [0.2, 0.25) is 0 Å². The maximum atomic E-state index is 12.7. The zero-order valence-electron chi connectivity index (χ0n) is 15.6. The summed E-state index contributed by atoms with van der Waals surface area (Å²) in [5, 5.41) is 3.28.